The van der Waals surface area contributed by atoms with Gasteiger partial charge < -0.3 is 4.74 Å². The molecule has 1 rings (SSSR count). The molecule has 2 unspecified atom stereocenters. The summed E-state index contributed by atoms with van der Waals surface area (Å²) in [5.41, 5.74) is -0.270. The zero-order valence-corrected chi connectivity index (χ0v) is 13.9. The maximum absolute atomic E-state index is 11.7. The number of hydrogen-bond acceptors (Lipinski definition) is 4. The van der Waals surface area contributed by atoms with E-state index in [1.54, 1.807) is 7.11 Å². The molecule has 0 bridgehead atoms. The van der Waals surface area contributed by atoms with Crippen LogP contribution >= 0.6 is 0 Å². The van der Waals surface area contributed by atoms with Gasteiger partial charge in [-0.3, -0.25) is 9.45 Å². The van der Waals surface area contributed by atoms with Crippen LogP contribution in [0, 0.1) is 5.41 Å². The molecule has 1 saturated heterocycles. The molecule has 0 saturated carbocycles. The van der Waals surface area contributed by atoms with Gasteiger partial charge in [-0.2, -0.15) is 8.42 Å². The van der Waals surface area contributed by atoms with Crippen LogP contribution < -0.4 is 0 Å². The first-order valence-corrected chi connectivity index (χ1v) is 8.85. The average Bonchev–Trinajstić information content (AvgIpc) is 2.29. The molecular weight excluding hydrogens is 278 g/mol. The van der Waals surface area contributed by atoms with Crippen molar-refractivity contribution in [2.24, 2.45) is 5.41 Å². The minimum Gasteiger partial charge on any atom is -0.384 e. The Balaban J connectivity index is 2.75. The first-order valence-electron chi connectivity index (χ1n) is 7.35. The van der Waals surface area contributed by atoms with Crippen molar-refractivity contribution in [3.8, 4) is 0 Å². The SMILES string of the molecule is COCC(C)(C)CC(CN1CCCCC1C)S(=O)(=O)O. The molecule has 1 N–H and O–H groups in total. The lowest BCUT2D eigenvalue weighted by molar-refractivity contribution is 0.0887. The zero-order chi connectivity index (χ0) is 15.4. The van der Waals surface area contributed by atoms with E-state index in [0.29, 0.717) is 25.6 Å². The van der Waals surface area contributed by atoms with E-state index in [0.717, 1.165) is 19.4 Å². The fourth-order valence-electron chi connectivity index (χ4n) is 3.02. The molecule has 1 fully saturated rings. The minimum absolute atomic E-state index is 0.270. The van der Waals surface area contributed by atoms with Crippen LogP contribution in [0.1, 0.15) is 46.5 Å². The maximum Gasteiger partial charge on any atom is 0.269 e. The normalized spacial score (nSPS) is 23.8. The van der Waals surface area contributed by atoms with Crippen LogP contribution in [0.4, 0.5) is 0 Å². The zero-order valence-electron chi connectivity index (χ0n) is 13.1. The molecular formula is C14H29NO4S. The van der Waals surface area contributed by atoms with E-state index in [1.807, 2.05) is 13.8 Å². The third-order valence-corrected chi connectivity index (χ3v) is 5.27. The number of piperidine rings is 1. The molecule has 0 aliphatic carbocycles. The topological polar surface area (TPSA) is 66.8 Å². The summed E-state index contributed by atoms with van der Waals surface area (Å²) in [5, 5.41) is -0.742. The van der Waals surface area contributed by atoms with Crippen LogP contribution in [-0.2, 0) is 14.9 Å². The highest BCUT2D eigenvalue weighted by molar-refractivity contribution is 7.86. The molecule has 1 heterocycles. The van der Waals surface area contributed by atoms with Gasteiger partial charge in [0.1, 0.15) is 0 Å². The molecule has 6 heteroatoms. The van der Waals surface area contributed by atoms with Crippen LogP contribution in [-0.4, -0.2) is 56.0 Å². The van der Waals surface area contributed by atoms with Gasteiger partial charge in [-0.1, -0.05) is 20.3 Å². The molecule has 0 aromatic rings. The van der Waals surface area contributed by atoms with E-state index < -0.39 is 15.4 Å². The molecule has 0 amide bonds. The highest BCUT2D eigenvalue weighted by Crippen LogP contribution is 2.27. The Morgan fingerprint density at radius 3 is 2.55 bits per heavy atom. The summed E-state index contributed by atoms with van der Waals surface area (Å²) in [6.07, 6.45) is 3.80. The summed E-state index contributed by atoms with van der Waals surface area (Å²) in [7, 11) is -2.43. The maximum atomic E-state index is 11.7. The highest BCUT2D eigenvalue weighted by Gasteiger charge is 2.34. The first kappa shape index (κ1) is 17.9. The summed E-state index contributed by atoms with van der Waals surface area (Å²) < 4.78 is 38.0. The standard InChI is InChI=1S/C14H29NO4S/c1-12-7-5-6-8-15(12)10-13(20(16,17)18)9-14(2,3)11-19-4/h12-13H,5-11H2,1-4H3,(H,16,17,18). The molecule has 0 radical (unpaired) electrons. The average molecular weight is 307 g/mol. The van der Waals surface area contributed by atoms with Crippen molar-refractivity contribution in [1.29, 1.82) is 0 Å². The fourth-order valence-corrected chi connectivity index (χ4v) is 4.06. The highest BCUT2D eigenvalue weighted by atomic mass is 32.2. The van der Waals surface area contributed by atoms with Crippen molar-refractivity contribution in [2.75, 3.05) is 26.8 Å². The third-order valence-electron chi connectivity index (χ3n) is 4.12. The number of methoxy groups -OCH3 is 1. The van der Waals surface area contributed by atoms with Crippen molar-refractivity contribution in [3.05, 3.63) is 0 Å². The molecule has 2 atom stereocenters. The van der Waals surface area contributed by atoms with Crippen molar-refractivity contribution >= 4 is 10.1 Å². The fraction of sp³-hybridized carbons (Fsp3) is 1.00. The lowest BCUT2D eigenvalue weighted by Gasteiger charge is -2.37. The Morgan fingerprint density at radius 1 is 1.40 bits per heavy atom. The number of ether oxygens (including phenoxy) is 1. The Bertz CT molecular complexity index is 394. The Kier molecular flexibility index (Phi) is 6.44. The van der Waals surface area contributed by atoms with Crippen molar-refractivity contribution in [1.82, 2.24) is 4.90 Å². The van der Waals surface area contributed by atoms with E-state index in [9.17, 15) is 13.0 Å². The number of rotatable bonds is 7. The van der Waals surface area contributed by atoms with Gasteiger partial charge in [0.2, 0.25) is 0 Å². The molecule has 1 aliphatic heterocycles. The van der Waals surface area contributed by atoms with Gasteiger partial charge in [-0.05, 0) is 38.1 Å². The second-order valence-electron chi connectivity index (χ2n) is 6.78. The Morgan fingerprint density at radius 2 is 2.05 bits per heavy atom. The summed E-state index contributed by atoms with van der Waals surface area (Å²) in [6, 6.07) is 0.388. The van der Waals surface area contributed by atoms with Gasteiger partial charge in [-0.15, -0.1) is 0 Å². The van der Waals surface area contributed by atoms with Crippen LogP contribution in [0.3, 0.4) is 0 Å². The molecule has 20 heavy (non-hydrogen) atoms. The van der Waals surface area contributed by atoms with Gasteiger partial charge in [0.05, 0.1) is 11.9 Å². The van der Waals surface area contributed by atoms with Crippen LogP contribution in [0.2, 0.25) is 0 Å². The number of hydrogen-bond donors (Lipinski definition) is 1. The molecule has 120 valence electrons. The van der Waals surface area contributed by atoms with E-state index in [4.69, 9.17) is 4.74 Å². The quantitative estimate of drug-likeness (QED) is 0.730. The number of likely N-dealkylation sites (tertiary alicyclic amines) is 1. The predicted octanol–water partition coefficient (Wildman–Crippen LogP) is 2.18. The summed E-state index contributed by atoms with van der Waals surface area (Å²) in [4.78, 5) is 2.19. The van der Waals surface area contributed by atoms with Crippen molar-refractivity contribution < 1.29 is 17.7 Å². The van der Waals surface area contributed by atoms with Crippen LogP contribution in [0.5, 0.6) is 0 Å². The second kappa shape index (κ2) is 7.20. The minimum atomic E-state index is -4.04. The van der Waals surface area contributed by atoms with Gasteiger partial charge in [0, 0.05) is 19.7 Å². The van der Waals surface area contributed by atoms with E-state index in [2.05, 4.69) is 11.8 Å². The largest absolute Gasteiger partial charge is 0.384 e. The predicted molar refractivity (Wildman–Crippen MR) is 80.5 cm³/mol. The molecule has 1 aliphatic rings. The van der Waals surface area contributed by atoms with Crippen LogP contribution in [0.25, 0.3) is 0 Å². The smallest absolute Gasteiger partial charge is 0.269 e. The third kappa shape index (κ3) is 5.68. The second-order valence-corrected chi connectivity index (χ2v) is 8.47. The van der Waals surface area contributed by atoms with Gasteiger partial charge in [-0.25, -0.2) is 0 Å². The summed E-state index contributed by atoms with van der Waals surface area (Å²) in [6.45, 7) is 7.86. The lowest BCUT2D eigenvalue weighted by Crippen LogP contribution is -2.45. The summed E-state index contributed by atoms with van der Waals surface area (Å²) >= 11 is 0. The Labute approximate surface area is 123 Å². The molecule has 5 nitrogen and oxygen atoms in total. The van der Waals surface area contributed by atoms with E-state index in [1.165, 1.54) is 6.42 Å². The molecule has 0 aromatic heterocycles. The number of nitrogens with zero attached hydrogens (tertiary/aromatic N) is 1. The van der Waals surface area contributed by atoms with E-state index in [-0.39, 0.29) is 5.41 Å². The molecule has 0 aromatic carbocycles. The van der Waals surface area contributed by atoms with Gasteiger partial charge in [0.25, 0.3) is 10.1 Å². The van der Waals surface area contributed by atoms with Gasteiger partial charge in [0.15, 0.2) is 0 Å². The Hall–Kier alpha value is -0.170. The summed E-state index contributed by atoms with van der Waals surface area (Å²) in [5.74, 6) is 0. The van der Waals surface area contributed by atoms with Crippen molar-refractivity contribution in [3.63, 3.8) is 0 Å². The van der Waals surface area contributed by atoms with Gasteiger partial charge >= 0.3 is 0 Å². The van der Waals surface area contributed by atoms with E-state index >= 15 is 0 Å². The monoisotopic (exact) mass is 307 g/mol. The first-order chi connectivity index (χ1) is 9.15. The lowest BCUT2D eigenvalue weighted by atomic mass is 9.88. The van der Waals surface area contributed by atoms with Crippen molar-refractivity contribution in [2.45, 2.75) is 57.7 Å². The molecule has 0 spiro atoms. The van der Waals surface area contributed by atoms with Crippen LogP contribution in [0.15, 0.2) is 0 Å².